The summed E-state index contributed by atoms with van der Waals surface area (Å²) in [4.78, 5) is 30.4. The molecule has 2 aliphatic rings. The highest BCUT2D eigenvalue weighted by Gasteiger charge is 2.30. The zero-order chi connectivity index (χ0) is 20.3. The Morgan fingerprint density at radius 2 is 1.97 bits per heavy atom. The Kier molecular flexibility index (Phi) is 4.99. The summed E-state index contributed by atoms with van der Waals surface area (Å²) in [6.07, 6.45) is 3.09. The van der Waals surface area contributed by atoms with E-state index in [0.29, 0.717) is 25.3 Å². The molecule has 7 nitrogen and oxygen atoms in total. The van der Waals surface area contributed by atoms with E-state index in [1.807, 2.05) is 23.1 Å². The van der Waals surface area contributed by atoms with Crippen molar-refractivity contribution in [2.75, 3.05) is 4.90 Å². The number of carboxylic acids is 1. The van der Waals surface area contributed by atoms with Crippen LogP contribution in [0.25, 0.3) is 11.0 Å². The van der Waals surface area contributed by atoms with Crippen molar-refractivity contribution in [1.29, 1.82) is 0 Å². The molecule has 3 N–H and O–H groups in total. The smallest absolute Gasteiger partial charge is 0.341 e. The maximum atomic E-state index is 15.0. The van der Waals surface area contributed by atoms with Gasteiger partial charge in [-0.3, -0.25) is 4.79 Å². The van der Waals surface area contributed by atoms with Crippen molar-refractivity contribution < 1.29 is 14.3 Å². The van der Waals surface area contributed by atoms with Crippen molar-refractivity contribution in [3.8, 4) is 0 Å². The van der Waals surface area contributed by atoms with E-state index >= 15 is 0 Å². The minimum absolute atomic E-state index is 0. The Bertz CT molecular complexity index is 1240. The van der Waals surface area contributed by atoms with E-state index in [-0.39, 0.29) is 35.2 Å². The maximum absolute atomic E-state index is 15.0. The lowest BCUT2D eigenvalue weighted by Crippen LogP contribution is -2.22. The first kappa shape index (κ1) is 20.3. The van der Waals surface area contributed by atoms with Crippen LogP contribution in [0.15, 0.2) is 35.3 Å². The Morgan fingerprint density at radius 3 is 2.63 bits per heavy atom. The Morgan fingerprint density at radius 1 is 1.23 bits per heavy atom. The third kappa shape index (κ3) is 3.22. The minimum Gasteiger partial charge on any atom is -0.477 e. The first-order valence-electron chi connectivity index (χ1n) is 9.50. The van der Waals surface area contributed by atoms with Gasteiger partial charge in [0.05, 0.1) is 5.39 Å². The molecule has 1 aliphatic carbocycles. The highest BCUT2D eigenvalue weighted by Crippen LogP contribution is 2.38. The van der Waals surface area contributed by atoms with Crippen molar-refractivity contribution >= 4 is 35.2 Å². The van der Waals surface area contributed by atoms with Gasteiger partial charge in [-0.2, -0.15) is 0 Å². The molecule has 1 saturated carbocycles. The number of pyridine rings is 2. The molecule has 1 aromatic carbocycles. The molecule has 0 unspecified atom stereocenters. The van der Waals surface area contributed by atoms with Crippen LogP contribution in [0.5, 0.6) is 0 Å². The molecular weight excluding hydrogens is 411 g/mol. The molecule has 1 fully saturated rings. The van der Waals surface area contributed by atoms with Crippen molar-refractivity contribution in [2.45, 2.75) is 38.5 Å². The van der Waals surface area contributed by atoms with Gasteiger partial charge in [0, 0.05) is 31.9 Å². The molecule has 3 heterocycles. The molecular formula is C21H20ClFN4O3. The van der Waals surface area contributed by atoms with Gasteiger partial charge >= 0.3 is 5.97 Å². The summed E-state index contributed by atoms with van der Waals surface area (Å²) in [6, 6.07) is 7.19. The molecule has 1 aliphatic heterocycles. The van der Waals surface area contributed by atoms with Crippen LogP contribution in [0.3, 0.4) is 0 Å². The molecule has 0 amide bonds. The van der Waals surface area contributed by atoms with Gasteiger partial charge in [-0.15, -0.1) is 12.4 Å². The lowest BCUT2D eigenvalue weighted by Gasteiger charge is -2.19. The molecule has 0 atom stereocenters. The molecule has 0 radical (unpaired) electrons. The fourth-order valence-electron chi connectivity index (χ4n) is 3.97. The van der Waals surface area contributed by atoms with Crippen LogP contribution in [-0.4, -0.2) is 20.6 Å². The summed E-state index contributed by atoms with van der Waals surface area (Å²) in [5, 5.41) is 9.35. The Balaban J connectivity index is 0.00000218. The number of rotatable bonds is 4. The normalized spacial score (nSPS) is 15.2. The maximum Gasteiger partial charge on any atom is 0.341 e. The zero-order valence-corrected chi connectivity index (χ0v) is 16.8. The van der Waals surface area contributed by atoms with Crippen LogP contribution >= 0.6 is 12.4 Å². The number of aromatic nitrogens is 2. The predicted molar refractivity (Wildman–Crippen MR) is 113 cm³/mol. The second-order valence-corrected chi connectivity index (χ2v) is 7.64. The van der Waals surface area contributed by atoms with Crippen molar-refractivity contribution in [3.63, 3.8) is 0 Å². The number of halogens is 2. The standard InChI is InChI=1S/C21H19FN4O3.ClH/c22-17-6-15-18(27)16(21(28)29)10-26(14-3-4-14)19(15)24-20(17)25-8-12-2-1-11(7-23)5-13(12)9-25;/h1-2,5-6,10,14H,3-4,7-9,23H2,(H,28,29);1H. The lowest BCUT2D eigenvalue weighted by atomic mass is 10.1. The van der Waals surface area contributed by atoms with Gasteiger partial charge in [0.1, 0.15) is 11.2 Å². The number of aromatic carboxylic acids is 1. The molecule has 2 aromatic heterocycles. The number of anilines is 1. The average molecular weight is 431 g/mol. The van der Waals surface area contributed by atoms with E-state index in [1.54, 1.807) is 4.57 Å². The summed E-state index contributed by atoms with van der Waals surface area (Å²) in [5.74, 6) is -1.78. The highest BCUT2D eigenvalue weighted by molar-refractivity contribution is 5.92. The van der Waals surface area contributed by atoms with Gasteiger partial charge in [-0.25, -0.2) is 14.2 Å². The summed E-state index contributed by atoms with van der Waals surface area (Å²) in [5.41, 5.74) is 8.16. The van der Waals surface area contributed by atoms with Gasteiger partial charge in [0.2, 0.25) is 5.43 Å². The Hall–Kier alpha value is -2.97. The first-order valence-corrected chi connectivity index (χ1v) is 9.50. The van der Waals surface area contributed by atoms with Crippen molar-refractivity contribution in [1.82, 2.24) is 9.55 Å². The molecule has 30 heavy (non-hydrogen) atoms. The fraction of sp³-hybridized carbons (Fsp3) is 0.286. The van der Waals surface area contributed by atoms with Crippen LogP contribution in [0, 0.1) is 5.82 Å². The average Bonchev–Trinajstić information content (AvgIpc) is 3.46. The fourth-order valence-corrected chi connectivity index (χ4v) is 3.97. The number of hydrogen-bond donors (Lipinski definition) is 2. The second kappa shape index (κ2) is 7.37. The van der Waals surface area contributed by atoms with Crippen LogP contribution in [-0.2, 0) is 19.6 Å². The van der Waals surface area contributed by atoms with E-state index in [4.69, 9.17) is 5.73 Å². The van der Waals surface area contributed by atoms with Gasteiger partial charge in [0.15, 0.2) is 11.6 Å². The van der Waals surface area contributed by atoms with E-state index in [2.05, 4.69) is 4.98 Å². The van der Waals surface area contributed by atoms with Crippen LogP contribution in [0.4, 0.5) is 10.2 Å². The number of nitrogens with zero attached hydrogens (tertiary/aromatic N) is 3. The largest absolute Gasteiger partial charge is 0.477 e. The number of hydrogen-bond acceptors (Lipinski definition) is 5. The van der Waals surface area contributed by atoms with E-state index in [0.717, 1.165) is 35.6 Å². The number of nitrogens with two attached hydrogens (primary N) is 1. The van der Waals surface area contributed by atoms with Gasteiger partial charge in [0.25, 0.3) is 0 Å². The number of carboxylic acid groups (broad SMARTS) is 1. The summed E-state index contributed by atoms with van der Waals surface area (Å²) >= 11 is 0. The summed E-state index contributed by atoms with van der Waals surface area (Å²) < 4.78 is 16.7. The number of benzene rings is 1. The molecule has 0 saturated heterocycles. The summed E-state index contributed by atoms with van der Waals surface area (Å²) in [7, 11) is 0. The molecule has 3 aromatic rings. The quantitative estimate of drug-likeness (QED) is 0.659. The van der Waals surface area contributed by atoms with Gasteiger partial charge in [-0.1, -0.05) is 18.2 Å². The molecule has 0 bridgehead atoms. The highest BCUT2D eigenvalue weighted by atomic mass is 35.5. The molecule has 5 rings (SSSR count). The molecule has 9 heteroatoms. The monoisotopic (exact) mass is 430 g/mol. The van der Waals surface area contributed by atoms with E-state index < -0.39 is 17.2 Å². The van der Waals surface area contributed by atoms with Crippen molar-refractivity contribution in [3.05, 3.63) is 68.8 Å². The van der Waals surface area contributed by atoms with Gasteiger partial charge < -0.3 is 20.3 Å². The minimum atomic E-state index is -1.32. The topological polar surface area (TPSA) is 101 Å². The van der Waals surface area contributed by atoms with Crippen LogP contribution in [0.2, 0.25) is 0 Å². The summed E-state index contributed by atoms with van der Waals surface area (Å²) in [6.45, 7) is 1.45. The van der Waals surface area contributed by atoms with Crippen LogP contribution in [0.1, 0.15) is 45.9 Å². The van der Waals surface area contributed by atoms with E-state index in [9.17, 15) is 19.1 Å². The Labute approximate surface area is 177 Å². The van der Waals surface area contributed by atoms with E-state index in [1.165, 1.54) is 6.20 Å². The third-order valence-corrected chi connectivity index (χ3v) is 5.64. The SMILES string of the molecule is Cl.NCc1ccc2c(c1)CN(c1nc3c(cc1F)c(=O)c(C(=O)O)cn3C1CC1)C2. The number of fused-ring (bicyclic) bond motifs is 2. The molecule has 0 spiro atoms. The van der Waals surface area contributed by atoms with Crippen LogP contribution < -0.4 is 16.1 Å². The zero-order valence-electron chi connectivity index (χ0n) is 16.0. The molecule has 156 valence electrons. The van der Waals surface area contributed by atoms with Crippen molar-refractivity contribution in [2.24, 2.45) is 5.73 Å². The number of carbonyl (C=O) groups is 1. The third-order valence-electron chi connectivity index (χ3n) is 5.64. The van der Waals surface area contributed by atoms with Gasteiger partial charge in [-0.05, 0) is 35.6 Å². The second-order valence-electron chi connectivity index (χ2n) is 7.64. The first-order chi connectivity index (χ1) is 14.0. The lowest BCUT2D eigenvalue weighted by molar-refractivity contribution is 0.0695. The predicted octanol–water partition coefficient (Wildman–Crippen LogP) is 2.97.